The van der Waals surface area contributed by atoms with E-state index in [0.29, 0.717) is 5.69 Å². The third-order valence-corrected chi connectivity index (χ3v) is 4.32. The predicted molar refractivity (Wildman–Crippen MR) is 107 cm³/mol. The number of carboxylic acid groups (broad SMARTS) is 2. The Kier molecular flexibility index (Phi) is 10.4. The van der Waals surface area contributed by atoms with Gasteiger partial charge in [-0.25, -0.2) is 9.78 Å². The lowest BCUT2D eigenvalue weighted by Gasteiger charge is -2.23. The molecule has 3 amide bonds. The van der Waals surface area contributed by atoms with Gasteiger partial charge in [-0.15, -0.1) is 0 Å². The second-order valence-corrected chi connectivity index (χ2v) is 6.74. The van der Waals surface area contributed by atoms with Crippen molar-refractivity contribution in [1.29, 1.82) is 0 Å². The number of carbonyl (C=O) groups is 5. The Morgan fingerprint density at radius 1 is 1.03 bits per heavy atom. The number of hydrogen-bond acceptors (Lipinski definition) is 9. The van der Waals surface area contributed by atoms with Gasteiger partial charge in [0.1, 0.15) is 18.1 Å². The van der Waals surface area contributed by atoms with Crippen molar-refractivity contribution >= 4 is 42.3 Å². The average Bonchev–Trinajstić information content (AvgIpc) is 3.21. The summed E-state index contributed by atoms with van der Waals surface area (Å²) in [6, 6.07) is -5.66. The monoisotopic (exact) mass is 460 g/mol. The molecule has 1 heterocycles. The van der Waals surface area contributed by atoms with E-state index in [0.717, 1.165) is 0 Å². The number of nitrogens with one attached hydrogen (secondary N) is 4. The molecule has 0 bridgehead atoms. The molecule has 1 rings (SSSR count). The van der Waals surface area contributed by atoms with Gasteiger partial charge in [-0.05, 0) is 0 Å². The van der Waals surface area contributed by atoms with Crippen molar-refractivity contribution < 1.29 is 39.3 Å². The molecule has 0 aliphatic carbocycles. The second-order valence-electron chi connectivity index (χ2n) is 6.37. The van der Waals surface area contributed by atoms with E-state index < -0.39 is 66.9 Å². The van der Waals surface area contributed by atoms with Gasteiger partial charge in [-0.1, -0.05) is 0 Å². The number of aliphatic hydroxyl groups excluding tert-OH is 1. The lowest BCUT2D eigenvalue weighted by molar-refractivity contribution is -0.144. The molecule has 0 fully saturated rings. The number of nitrogens with two attached hydrogens (primary N) is 1. The highest BCUT2D eigenvalue weighted by atomic mass is 32.1. The molecule has 9 N–H and O–H groups in total. The number of carboxylic acids is 2. The van der Waals surface area contributed by atoms with Gasteiger partial charge in [-0.2, -0.15) is 12.6 Å². The number of amides is 3. The zero-order valence-corrected chi connectivity index (χ0v) is 17.0. The Labute approximate surface area is 181 Å². The Bertz CT molecular complexity index is 789. The predicted octanol–water partition coefficient (Wildman–Crippen LogP) is -3.78. The van der Waals surface area contributed by atoms with Crippen LogP contribution in [0.5, 0.6) is 0 Å². The molecule has 31 heavy (non-hydrogen) atoms. The van der Waals surface area contributed by atoms with E-state index in [2.05, 4.69) is 33.2 Å². The third kappa shape index (κ3) is 8.61. The number of thiol groups is 1. The Hall–Kier alpha value is -3.17. The van der Waals surface area contributed by atoms with E-state index in [-0.39, 0.29) is 12.2 Å². The van der Waals surface area contributed by atoms with E-state index in [1.54, 1.807) is 0 Å². The molecule has 4 atom stereocenters. The van der Waals surface area contributed by atoms with Crippen molar-refractivity contribution in [2.75, 3.05) is 12.4 Å². The van der Waals surface area contributed by atoms with E-state index in [9.17, 15) is 24.0 Å². The van der Waals surface area contributed by atoms with E-state index in [4.69, 9.17) is 21.1 Å². The minimum absolute atomic E-state index is 0.106. The Balaban J connectivity index is 2.79. The molecule has 1 aromatic heterocycles. The third-order valence-electron chi connectivity index (χ3n) is 3.96. The zero-order chi connectivity index (χ0) is 23.6. The van der Waals surface area contributed by atoms with Crippen molar-refractivity contribution in [3.8, 4) is 0 Å². The van der Waals surface area contributed by atoms with Crippen LogP contribution in [0.2, 0.25) is 0 Å². The number of aromatic nitrogens is 2. The SMILES string of the molecule is NC(Cc1cnc[nH]1)C(=O)NC(CS)C(=O)NC(CC(=O)O)C(=O)NC(CO)C(=O)O. The number of aliphatic carboxylic acids is 2. The fraction of sp³-hybridized carbons (Fsp3) is 0.500. The van der Waals surface area contributed by atoms with Crippen LogP contribution in [0.4, 0.5) is 0 Å². The van der Waals surface area contributed by atoms with Gasteiger partial charge in [0.15, 0.2) is 0 Å². The summed E-state index contributed by atoms with van der Waals surface area (Å²) in [5, 5.41) is 33.2. The van der Waals surface area contributed by atoms with Crippen LogP contribution in [-0.2, 0) is 30.4 Å². The van der Waals surface area contributed by atoms with Crippen molar-refractivity contribution in [3.05, 3.63) is 18.2 Å². The number of H-pyrrole nitrogens is 1. The first kappa shape index (κ1) is 25.9. The van der Waals surface area contributed by atoms with Crippen LogP contribution >= 0.6 is 12.6 Å². The van der Waals surface area contributed by atoms with Crippen molar-refractivity contribution in [2.24, 2.45) is 5.73 Å². The van der Waals surface area contributed by atoms with Crippen LogP contribution in [-0.4, -0.2) is 91.5 Å². The molecule has 172 valence electrons. The standard InChI is InChI=1S/C16H24N6O8S/c17-8(1-7-3-18-6-19-7)13(26)22-11(5-31)15(28)20-9(2-12(24)25)14(27)21-10(4-23)16(29)30/h3,6,8-11,23,31H,1-2,4-5,17H2,(H,18,19)(H,20,28)(H,21,27)(H,22,26)(H,24,25)(H,29,30). The maximum atomic E-state index is 12.5. The first-order valence-corrected chi connectivity index (χ1v) is 9.52. The molecule has 0 aliphatic heterocycles. The van der Waals surface area contributed by atoms with Gasteiger partial charge in [-0.3, -0.25) is 19.2 Å². The second kappa shape index (κ2) is 12.5. The highest BCUT2D eigenvalue weighted by Crippen LogP contribution is 2.01. The number of imidazole rings is 1. The van der Waals surface area contributed by atoms with Crippen molar-refractivity contribution in [3.63, 3.8) is 0 Å². The lowest BCUT2D eigenvalue weighted by Crippen LogP contribution is -2.58. The maximum absolute atomic E-state index is 12.5. The summed E-state index contributed by atoms with van der Waals surface area (Å²) in [5.74, 6) is -5.99. The fourth-order valence-corrected chi connectivity index (χ4v) is 2.57. The van der Waals surface area contributed by atoms with Crippen molar-refractivity contribution in [2.45, 2.75) is 37.0 Å². The van der Waals surface area contributed by atoms with Crippen LogP contribution in [0.1, 0.15) is 12.1 Å². The summed E-state index contributed by atoms with van der Waals surface area (Å²) in [7, 11) is 0. The van der Waals surface area contributed by atoms with Gasteiger partial charge in [0.25, 0.3) is 0 Å². The van der Waals surface area contributed by atoms with Crippen LogP contribution in [0.15, 0.2) is 12.5 Å². The topological polar surface area (TPSA) is 237 Å². The molecule has 0 aromatic carbocycles. The summed E-state index contributed by atoms with van der Waals surface area (Å²) >= 11 is 3.97. The quantitative estimate of drug-likeness (QED) is 0.130. The number of rotatable bonds is 13. The summed E-state index contributed by atoms with van der Waals surface area (Å²) in [6.45, 7) is -0.946. The van der Waals surface area contributed by atoms with Crippen molar-refractivity contribution in [1.82, 2.24) is 25.9 Å². The van der Waals surface area contributed by atoms with Crippen LogP contribution in [0.3, 0.4) is 0 Å². The zero-order valence-electron chi connectivity index (χ0n) is 16.1. The van der Waals surface area contributed by atoms with Gasteiger partial charge >= 0.3 is 11.9 Å². The molecule has 0 saturated carbocycles. The Morgan fingerprint density at radius 2 is 1.61 bits per heavy atom. The van der Waals surface area contributed by atoms with Gasteiger partial charge < -0.3 is 42.0 Å². The summed E-state index contributed by atoms with van der Waals surface area (Å²) in [4.78, 5) is 65.5. The molecule has 0 spiro atoms. The average molecular weight is 460 g/mol. The minimum atomic E-state index is -1.69. The Morgan fingerprint density at radius 3 is 2.10 bits per heavy atom. The summed E-state index contributed by atoms with van der Waals surface area (Å²) in [5.41, 5.74) is 6.38. The van der Waals surface area contributed by atoms with Gasteiger partial charge in [0, 0.05) is 24.1 Å². The minimum Gasteiger partial charge on any atom is -0.481 e. The van der Waals surface area contributed by atoms with Gasteiger partial charge in [0.2, 0.25) is 17.7 Å². The summed E-state index contributed by atoms with van der Waals surface area (Å²) in [6.07, 6.45) is 2.11. The molecule has 0 aliphatic rings. The first-order valence-electron chi connectivity index (χ1n) is 8.89. The highest BCUT2D eigenvalue weighted by molar-refractivity contribution is 7.80. The number of aromatic amines is 1. The number of hydrogen-bond donors (Lipinski definition) is 9. The number of nitrogens with zero attached hydrogens (tertiary/aromatic N) is 1. The van der Waals surface area contributed by atoms with Gasteiger partial charge in [0.05, 0.1) is 25.4 Å². The maximum Gasteiger partial charge on any atom is 0.328 e. The van der Waals surface area contributed by atoms with E-state index in [1.807, 2.05) is 5.32 Å². The van der Waals surface area contributed by atoms with E-state index >= 15 is 0 Å². The van der Waals surface area contributed by atoms with Crippen LogP contribution in [0, 0.1) is 0 Å². The van der Waals surface area contributed by atoms with Crippen LogP contribution in [0.25, 0.3) is 0 Å². The largest absolute Gasteiger partial charge is 0.481 e. The molecule has 15 heteroatoms. The first-order chi connectivity index (χ1) is 14.6. The molecular formula is C16H24N6O8S. The molecule has 0 radical (unpaired) electrons. The van der Waals surface area contributed by atoms with E-state index in [1.165, 1.54) is 12.5 Å². The molecule has 0 saturated heterocycles. The molecule has 4 unspecified atom stereocenters. The van der Waals surface area contributed by atoms with Crippen LogP contribution < -0.4 is 21.7 Å². The molecule has 1 aromatic rings. The molecular weight excluding hydrogens is 436 g/mol. The lowest BCUT2D eigenvalue weighted by atomic mass is 10.1. The smallest absolute Gasteiger partial charge is 0.328 e. The number of aliphatic hydroxyl groups is 1. The normalized spacial score (nSPS) is 14.5. The number of carbonyl (C=O) groups excluding carboxylic acids is 3. The molecule has 14 nitrogen and oxygen atoms in total. The fourth-order valence-electron chi connectivity index (χ4n) is 2.31. The highest BCUT2D eigenvalue weighted by Gasteiger charge is 2.31. The summed E-state index contributed by atoms with van der Waals surface area (Å²) < 4.78 is 0.